The van der Waals surface area contributed by atoms with E-state index in [1.807, 2.05) is 0 Å². The quantitative estimate of drug-likeness (QED) is 0.926. The third-order valence-electron chi connectivity index (χ3n) is 2.66. The summed E-state index contributed by atoms with van der Waals surface area (Å²) in [5, 5.41) is 8.78. The first-order valence-corrected chi connectivity index (χ1v) is 6.91. The Morgan fingerprint density at radius 1 is 1.16 bits per heavy atom. The van der Waals surface area contributed by atoms with Crippen LogP contribution >= 0.6 is 0 Å². The molecule has 0 aliphatic carbocycles. The van der Waals surface area contributed by atoms with E-state index in [1.54, 1.807) is 13.0 Å². The minimum Gasteiger partial charge on any atom is -0.478 e. The van der Waals surface area contributed by atoms with Gasteiger partial charge in [-0.15, -0.1) is 0 Å². The number of aromatic carboxylic acids is 1. The van der Waals surface area contributed by atoms with Gasteiger partial charge in [0, 0.05) is 6.20 Å². The number of nitrogens with zero attached hydrogens (tertiary/aromatic N) is 1. The predicted octanol–water partition coefficient (Wildman–Crippen LogP) is 1.92. The standard InChI is InChI=1S/C13H11NO4S/c1-9-12(3-2-8-14-9)19(17,18)11-6-4-10(5-7-11)13(15)16/h2-8H,1H3,(H,15,16). The van der Waals surface area contributed by atoms with Gasteiger partial charge in [-0.3, -0.25) is 4.98 Å². The van der Waals surface area contributed by atoms with Gasteiger partial charge in [0.05, 0.1) is 21.0 Å². The van der Waals surface area contributed by atoms with E-state index in [9.17, 15) is 13.2 Å². The summed E-state index contributed by atoms with van der Waals surface area (Å²) in [7, 11) is -3.67. The van der Waals surface area contributed by atoms with Gasteiger partial charge in [0.1, 0.15) is 0 Å². The number of aryl methyl sites for hydroxylation is 1. The summed E-state index contributed by atoms with van der Waals surface area (Å²) >= 11 is 0. The van der Waals surface area contributed by atoms with Crippen LogP contribution in [0.15, 0.2) is 52.4 Å². The molecule has 1 N–H and O–H groups in total. The summed E-state index contributed by atoms with van der Waals surface area (Å²) < 4.78 is 24.7. The van der Waals surface area contributed by atoms with Crippen LogP contribution < -0.4 is 0 Å². The summed E-state index contributed by atoms with van der Waals surface area (Å²) in [6.07, 6.45) is 1.52. The van der Waals surface area contributed by atoms with E-state index in [0.717, 1.165) is 0 Å². The van der Waals surface area contributed by atoms with Crippen LogP contribution in [0.3, 0.4) is 0 Å². The highest BCUT2D eigenvalue weighted by Gasteiger charge is 2.20. The highest BCUT2D eigenvalue weighted by molar-refractivity contribution is 7.91. The van der Waals surface area contributed by atoms with Gasteiger partial charge in [0.2, 0.25) is 9.84 Å². The highest BCUT2D eigenvalue weighted by Crippen LogP contribution is 2.22. The fourth-order valence-electron chi connectivity index (χ4n) is 1.66. The molecular weight excluding hydrogens is 266 g/mol. The van der Waals surface area contributed by atoms with Crippen molar-refractivity contribution < 1.29 is 18.3 Å². The number of carbonyl (C=O) groups is 1. The van der Waals surface area contributed by atoms with Crippen molar-refractivity contribution in [1.82, 2.24) is 4.98 Å². The van der Waals surface area contributed by atoms with Crippen molar-refractivity contribution in [2.75, 3.05) is 0 Å². The van der Waals surface area contributed by atoms with Crippen LogP contribution in [-0.2, 0) is 9.84 Å². The van der Waals surface area contributed by atoms with Crippen molar-refractivity contribution in [3.63, 3.8) is 0 Å². The molecule has 0 saturated carbocycles. The van der Waals surface area contributed by atoms with Gasteiger partial charge >= 0.3 is 5.97 Å². The normalized spacial score (nSPS) is 11.2. The van der Waals surface area contributed by atoms with E-state index in [-0.39, 0.29) is 15.4 Å². The van der Waals surface area contributed by atoms with E-state index in [2.05, 4.69) is 4.98 Å². The van der Waals surface area contributed by atoms with Crippen LogP contribution in [0.2, 0.25) is 0 Å². The summed E-state index contributed by atoms with van der Waals surface area (Å²) in [5.41, 5.74) is 0.451. The molecule has 0 radical (unpaired) electrons. The number of pyridine rings is 1. The SMILES string of the molecule is Cc1ncccc1S(=O)(=O)c1ccc(C(=O)O)cc1. The van der Waals surface area contributed by atoms with Gasteiger partial charge < -0.3 is 5.11 Å². The average Bonchev–Trinajstić information content (AvgIpc) is 2.39. The van der Waals surface area contributed by atoms with Crippen molar-refractivity contribution in [2.45, 2.75) is 16.7 Å². The zero-order chi connectivity index (χ0) is 14.0. The Hall–Kier alpha value is -2.21. The van der Waals surface area contributed by atoms with Crippen LogP contribution in [0.4, 0.5) is 0 Å². The summed E-state index contributed by atoms with van der Waals surface area (Å²) in [4.78, 5) is 14.8. The monoisotopic (exact) mass is 277 g/mol. The first kappa shape index (κ1) is 13.2. The summed E-state index contributed by atoms with van der Waals surface area (Å²) in [6.45, 7) is 1.61. The fourth-order valence-corrected chi connectivity index (χ4v) is 3.10. The molecule has 5 nitrogen and oxygen atoms in total. The van der Waals surface area contributed by atoms with Crippen molar-refractivity contribution in [3.8, 4) is 0 Å². The van der Waals surface area contributed by atoms with Crippen molar-refractivity contribution >= 4 is 15.8 Å². The lowest BCUT2D eigenvalue weighted by Crippen LogP contribution is -2.06. The Balaban J connectivity index is 2.52. The zero-order valence-electron chi connectivity index (χ0n) is 10.1. The number of sulfone groups is 1. The summed E-state index contributed by atoms with van der Waals surface area (Å²) in [6, 6.07) is 8.12. The average molecular weight is 277 g/mol. The molecule has 1 heterocycles. The first-order chi connectivity index (χ1) is 8.93. The number of carboxylic acid groups (broad SMARTS) is 1. The third-order valence-corrected chi connectivity index (χ3v) is 4.56. The molecule has 0 atom stereocenters. The lowest BCUT2D eigenvalue weighted by atomic mass is 10.2. The molecule has 1 aromatic carbocycles. The predicted molar refractivity (Wildman–Crippen MR) is 67.8 cm³/mol. The molecule has 19 heavy (non-hydrogen) atoms. The summed E-state index contributed by atoms with van der Waals surface area (Å²) in [5.74, 6) is -1.10. The number of aromatic nitrogens is 1. The van der Waals surface area contributed by atoms with E-state index in [4.69, 9.17) is 5.11 Å². The van der Waals surface area contributed by atoms with Crippen LogP contribution in [0.25, 0.3) is 0 Å². The smallest absolute Gasteiger partial charge is 0.335 e. The molecule has 0 fully saturated rings. The number of rotatable bonds is 3. The second-order valence-corrected chi connectivity index (χ2v) is 5.84. The number of hydrogen-bond donors (Lipinski definition) is 1. The maximum atomic E-state index is 12.3. The van der Waals surface area contributed by atoms with Gasteiger partial charge in [-0.25, -0.2) is 13.2 Å². The topological polar surface area (TPSA) is 84.3 Å². The Labute approximate surface area is 110 Å². The number of carboxylic acids is 1. The zero-order valence-corrected chi connectivity index (χ0v) is 10.9. The van der Waals surface area contributed by atoms with Crippen LogP contribution in [-0.4, -0.2) is 24.5 Å². The first-order valence-electron chi connectivity index (χ1n) is 5.43. The number of benzene rings is 1. The molecule has 0 aliphatic rings. The molecule has 0 amide bonds. The minimum atomic E-state index is -3.67. The van der Waals surface area contributed by atoms with Crippen molar-refractivity contribution in [1.29, 1.82) is 0 Å². The fraction of sp³-hybridized carbons (Fsp3) is 0.0769. The molecule has 6 heteroatoms. The van der Waals surface area contributed by atoms with E-state index >= 15 is 0 Å². The van der Waals surface area contributed by atoms with E-state index < -0.39 is 15.8 Å². The van der Waals surface area contributed by atoms with E-state index in [1.165, 1.54) is 36.5 Å². The van der Waals surface area contributed by atoms with E-state index in [0.29, 0.717) is 5.69 Å². The Morgan fingerprint density at radius 3 is 2.32 bits per heavy atom. The second-order valence-electron chi connectivity index (χ2n) is 3.92. The van der Waals surface area contributed by atoms with Gasteiger partial charge in [0.15, 0.2) is 0 Å². The Morgan fingerprint density at radius 2 is 1.79 bits per heavy atom. The second kappa shape index (κ2) is 4.81. The third kappa shape index (κ3) is 2.48. The van der Waals surface area contributed by atoms with Gasteiger partial charge in [0.25, 0.3) is 0 Å². The van der Waals surface area contributed by atoms with Gasteiger partial charge in [-0.05, 0) is 43.3 Å². The van der Waals surface area contributed by atoms with Gasteiger partial charge in [-0.2, -0.15) is 0 Å². The lowest BCUT2D eigenvalue weighted by molar-refractivity contribution is 0.0697. The molecule has 0 spiro atoms. The van der Waals surface area contributed by atoms with Crippen molar-refractivity contribution in [3.05, 3.63) is 53.9 Å². The molecule has 0 aliphatic heterocycles. The Kier molecular flexibility index (Phi) is 3.35. The van der Waals surface area contributed by atoms with Crippen molar-refractivity contribution in [2.24, 2.45) is 0 Å². The maximum Gasteiger partial charge on any atom is 0.335 e. The molecule has 0 unspecified atom stereocenters. The molecule has 2 aromatic rings. The molecule has 1 aromatic heterocycles. The number of hydrogen-bond acceptors (Lipinski definition) is 4. The molecule has 98 valence electrons. The van der Waals surface area contributed by atoms with Crippen LogP contribution in [0.5, 0.6) is 0 Å². The molecule has 2 rings (SSSR count). The van der Waals surface area contributed by atoms with Crippen LogP contribution in [0, 0.1) is 6.92 Å². The molecule has 0 bridgehead atoms. The molecule has 0 saturated heterocycles. The van der Waals surface area contributed by atoms with Crippen LogP contribution in [0.1, 0.15) is 16.1 Å². The maximum absolute atomic E-state index is 12.3. The minimum absolute atomic E-state index is 0.0434. The molecular formula is C13H11NO4S. The largest absolute Gasteiger partial charge is 0.478 e. The highest BCUT2D eigenvalue weighted by atomic mass is 32.2. The lowest BCUT2D eigenvalue weighted by Gasteiger charge is -2.07. The Bertz CT molecular complexity index is 721. The van der Waals surface area contributed by atoms with Gasteiger partial charge in [-0.1, -0.05) is 0 Å².